The van der Waals surface area contributed by atoms with Gasteiger partial charge in [-0.25, -0.2) is 12.8 Å². The Morgan fingerprint density at radius 2 is 1.65 bits per heavy atom. The molecule has 1 unspecified atom stereocenters. The molecule has 0 fully saturated rings. The highest BCUT2D eigenvalue weighted by molar-refractivity contribution is 7.92. The largest absolute Gasteiger partial charge is 0.354 e. The summed E-state index contributed by atoms with van der Waals surface area (Å²) in [7, 11) is -4.22. The standard InChI is InChI=1S/C28H32FN3O4S/c1-4-17-30-28(34)22(3)31(19-23-10-8-9-21(2)18-23)27(33)20-32(25-11-6-5-7-12-25)37(35,36)26-15-13-24(29)14-16-26/h5-16,18,22H,4,17,19-20H2,1-3H3,(H,30,34). The van der Waals surface area contributed by atoms with Crippen molar-refractivity contribution >= 4 is 27.5 Å². The topological polar surface area (TPSA) is 86.8 Å². The van der Waals surface area contributed by atoms with Crippen LogP contribution in [0.3, 0.4) is 0 Å². The van der Waals surface area contributed by atoms with Gasteiger partial charge >= 0.3 is 0 Å². The molecule has 7 nitrogen and oxygen atoms in total. The first kappa shape index (κ1) is 27.9. The molecule has 0 aliphatic carbocycles. The minimum atomic E-state index is -4.22. The van der Waals surface area contributed by atoms with E-state index in [1.807, 2.05) is 38.1 Å². The van der Waals surface area contributed by atoms with E-state index in [-0.39, 0.29) is 23.0 Å². The summed E-state index contributed by atoms with van der Waals surface area (Å²) in [4.78, 5) is 27.8. The van der Waals surface area contributed by atoms with Crippen molar-refractivity contribution in [2.45, 2.75) is 44.7 Å². The second-order valence-corrected chi connectivity index (χ2v) is 10.6. The Bertz CT molecular complexity index is 1310. The van der Waals surface area contributed by atoms with E-state index in [4.69, 9.17) is 0 Å². The van der Waals surface area contributed by atoms with Gasteiger partial charge in [0.1, 0.15) is 18.4 Å². The summed E-state index contributed by atoms with van der Waals surface area (Å²) in [6.45, 7) is 5.53. The number of aryl methyl sites for hydroxylation is 1. The predicted molar refractivity (Wildman–Crippen MR) is 142 cm³/mol. The van der Waals surface area contributed by atoms with Gasteiger partial charge in [0, 0.05) is 13.1 Å². The molecule has 9 heteroatoms. The zero-order chi connectivity index (χ0) is 27.0. The molecule has 1 N–H and O–H groups in total. The van der Waals surface area contributed by atoms with Crippen LogP contribution in [0.2, 0.25) is 0 Å². The molecule has 0 heterocycles. The number of nitrogens with one attached hydrogen (secondary N) is 1. The van der Waals surface area contributed by atoms with Crippen LogP contribution >= 0.6 is 0 Å². The number of para-hydroxylation sites is 1. The van der Waals surface area contributed by atoms with E-state index in [0.29, 0.717) is 6.54 Å². The molecule has 1 atom stereocenters. The number of amides is 2. The monoisotopic (exact) mass is 525 g/mol. The van der Waals surface area contributed by atoms with Crippen LogP contribution in [0.5, 0.6) is 0 Å². The molecule has 0 aromatic heterocycles. The van der Waals surface area contributed by atoms with Crippen molar-refractivity contribution in [3.05, 3.63) is 95.8 Å². The van der Waals surface area contributed by atoms with E-state index >= 15 is 0 Å². The Morgan fingerprint density at radius 3 is 2.27 bits per heavy atom. The fourth-order valence-corrected chi connectivity index (χ4v) is 5.26. The lowest BCUT2D eigenvalue weighted by molar-refractivity contribution is -0.139. The fraction of sp³-hybridized carbons (Fsp3) is 0.286. The average molecular weight is 526 g/mol. The molecular weight excluding hydrogens is 493 g/mol. The molecule has 0 aliphatic rings. The summed E-state index contributed by atoms with van der Waals surface area (Å²) < 4.78 is 41.7. The van der Waals surface area contributed by atoms with Crippen LogP contribution in [-0.4, -0.2) is 44.3 Å². The molecule has 0 aliphatic heterocycles. The third kappa shape index (κ3) is 7.16. The fourth-order valence-electron chi connectivity index (χ4n) is 3.84. The van der Waals surface area contributed by atoms with Crippen LogP contribution in [-0.2, 0) is 26.2 Å². The molecule has 3 aromatic carbocycles. The second-order valence-electron chi connectivity index (χ2n) is 8.78. The molecule has 3 aromatic rings. The number of carbonyl (C=O) groups excluding carboxylic acids is 2. The molecule has 3 rings (SSSR count). The Morgan fingerprint density at radius 1 is 0.973 bits per heavy atom. The van der Waals surface area contributed by atoms with Crippen molar-refractivity contribution in [1.29, 1.82) is 0 Å². The number of sulfonamides is 1. The van der Waals surface area contributed by atoms with Crippen molar-refractivity contribution in [2.75, 3.05) is 17.4 Å². The van der Waals surface area contributed by atoms with Crippen LogP contribution in [0.1, 0.15) is 31.4 Å². The van der Waals surface area contributed by atoms with Gasteiger partial charge in [0.15, 0.2) is 0 Å². The maximum absolute atomic E-state index is 13.7. The number of hydrogen-bond acceptors (Lipinski definition) is 4. The first-order valence-corrected chi connectivity index (χ1v) is 13.5. The van der Waals surface area contributed by atoms with Crippen LogP contribution in [0.15, 0.2) is 83.8 Å². The molecule has 0 spiro atoms. The minimum Gasteiger partial charge on any atom is -0.354 e. The maximum atomic E-state index is 13.7. The number of nitrogens with zero attached hydrogens (tertiary/aromatic N) is 2. The van der Waals surface area contributed by atoms with Crippen molar-refractivity contribution in [2.24, 2.45) is 0 Å². The molecular formula is C28H32FN3O4S. The van der Waals surface area contributed by atoms with Crippen molar-refractivity contribution in [3.8, 4) is 0 Å². The van der Waals surface area contributed by atoms with Crippen LogP contribution < -0.4 is 9.62 Å². The van der Waals surface area contributed by atoms with Gasteiger partial charge in [-0.05, 0) is 62.2 Å². The number of halogens is 1. The number of rotatable bonds is 11. The molecule has 37 heavy (non-hydrogen) atoms. The smallest absolute Gasteiger partial charge is 0.264 e. The third-order valence-electron chi connectivity index (χ3n) is 5.88. The van der Waals surface area contributed by atoms with Gasteiger partial charge in [-0.1, -0.05) is 55.0 Å². The van der Waals surface area contributed by atoms with Crippen LogP contribution in [0, 0.1) is 12.7 Å². The number of anilines is 1. The normalized spacial score (nSPS) is 12.0. The Kier molecular flexibility index (Phi) is 9.41. The van der Waals surface area contributed by atoms with Gasteiger partial charge in [-0.3, -0.25) is 13.9 Å². The first-order chi connectivity index (χ1) is 17.6. The van der Waals surface area contributed by atoms with E-state index in [9.17, 15) is 22.4 Å². The third-order valence-corrected chi connectivity index (χ3v) is 7.66. The lowest BCUT2D eigenvalue weighted by atomic mass is 10.1. The van der Waals surface area contributed by atoms with Crippen molar-refractivity contribution in [3.63, 3.8) is 0 Å². The zero-order valence-electron chi connectivity index (χ0n) is 21.2. The molecule has 2 amide bonds. The van der Waals surface area contributed by atoms with E-state index in [0.717, 1.165) is 46.1 Å². The van der Waals surface area contributed by atoms with Gasteiger partial charge < -0.3 is 10.2 Å². The van der Waals surface area contributed by atoms with Gasteiger partial charge in [-0.2, -0.15) is 0 Å². The van der Waals surface area contributed by atoms with E-state index in [1.165, 1.54) is 4.90 Å². The van der Waals surface area contributed by atoms with E-state index < -0.39 is 34.3 Å². The number of hydrogen-bond donors (Lipinski definition) is 1. The summed E-state index contributed by atoms with van der Waals surface area (Å²) in [6.07, 6.45) is 0.738. The summed E-state index contributed by atoms with van der Waals surface area (Å²) in [6, 6.07) is 19.4. The van der Waals surface area contributed by atoms with Crippen LogP contribution in [0.25, 0.3) is 0 Å². The van der Waals surface area contributed by atoms with Crippen molar-refractivity contribution < 1.29 is 22.4 Å². The second kappa shape index (κ2) is 12.5. The molecule has 0 saturated heterocycles. The highest BCUT2D eigenvalue weighted by atomic mass is 32.2. The SMILES string of the molecule is CCCNC(=O)C(C)N(Cc1cccc(C)c1)C(=O)CN(c1ccccc1)S(=O)(=O)c1ccc(F)cc1. The highest BCUT2D eigenvalue weighted by Crippen LogP contribution is 2.24. The van der Waals surface area contributed by atoms with E-state index in [1.54, 1.807) is 37.3 Å². The van der Waals surface area contributed by atoms with Gasteiger partial charge in [0.05, 0.1) is 10.6 Å². The molecule has 196 valence electrons. The lowest BCUT2D eigenvalue weighted by Crippen LogP contribution is -2.51. The Hall–Kier alpha value is -3.72. The maximum Gasteiger partial charge on any atom is 0.264 e. The summed E-state index contributed by atoms with van der Waals surface area (Å²) in [5, 5.41) is 2.81. The van der Waals surface area contributed by atoms with Gasteiger partial charge in [0.25, 0.3) is 10.0 Å². The first-order valence-electron chi connectivity index (χ1n) is 12.1. The summed E-state index contributed by atoms with van der Waals surface area (Å²) in [5.41, 5.74) is 2.09. The lowest BCUT2D eigenvalue weighted by Gasteiger charge is -2.32. The average Bonchev–Trinajstić information content (AvgIpc) is 2.89. The summed E-state index contributed by atoms with van der Waals surface area (Å²) >= 11 is 0. The Labute approximate surface area is 218 Å². The van der Waals surface area contributed by atoms with E-state index in [2.05, 4.69) is 5.32 Å². The van der Waals surface area contributed by atoms with Gasteiger partial charge in [-0.15, -0.1) is 0 Å². The van der Waals surface area contributed by atoms with Crippen molar-refractivity contribution in [1.82, 2.24) is 10.2 Å². The number of carbonyl (C=O) groups is 2. The minimum absolute atomic E-state index is 0.125. The quantitative estimate of drug-likeness (QED) is 0.405. The highest BCUT2D eigenvalue weighted by Gasteiger charge is 2.32. The Balaban J connectivity index is 1.99. The van der Waals surface area contributed by atoms with Crippen LogP contribution in [0.4, 0.5) is 10.1 Å². The molecule has 0 radical (unpaired) electrons. The summed E-state index contributed by atoms with van der Waals surface area (Å²) in [5.74, 6) is -1.44. The number of benzene rings is 3. The molecule has 0 bridgehead atoms. The molecule has 0 saturated carbocycles. The van der Waals surface area contributed by atoms with Gasteiger partial charge in [0.2, 0.25) is 11.8 Å². The zero-order valence-corrected chi connectivity index (χ0v) is 22.0. The predicted octanol–water partition coefficient (Wildman–Crippen LogP) is 4.27.